The van der Waals surface area contributed by atoms with E-state index in [-0.39, 0.29) is 24.9 Å². The van der Waals surface area contributed by atoms with Crippen LogP contribution in [0, 0.1) is 5.92 Å². The number of nitrogens with one attached hydrogen (secondary N) is 2. The Labute approximate surface area is 154 Å². The summed E-state index contributed by atoms with van der Waals surface area (Å²) in [5, 5.41) is 6.17. The normalized spacial score (nSPS) is 14.3. The standard InChI is InChI=1S/C17H25N3O4.ClH/c1-23-14-4-3-13(10-15(14)24-11-16(18)21)20-17(22)5-2-12-6-8-19-9-7-12;/h3-4,10,12,19H,2,5-9,11H2,1H3,(H2,18,21)(H,20,22);1H. The van der Waals surface area contributed by atoms with Gasteiger partial charge < -0.3 is 25.8 Å². The van der Waals surface area contributed by atoms with Gasteiger partial charge in [0.25, 0.3) is 5.91 Å². The van der Waals surface area contributed by atoms with Crippen molar-refractivity contribution in [2.45, 2.75) is 25.7 Å². The number of hydrogen-bond donors (Lipinski definition) is 3. The Hall–Kier alpha value is -1.99. The van der Waals surface area contributed by atoms with Crippen LogP contribution >= 0.6 is 12.4 Å². The lowest BCUT2D eigenvalue weighted by Crippen LogP contribution is -2.28. The van der Waals surface area contributed by atoms with E-state index in [1.807, 2.05) is 0 Å². The van der Waals surface area contributed by atoms with Crippen molar-refractivity contribution >= 4 is 29.9 Å². The van der Waals surface area contributed by atoms with Crippen molar-refractivity contribution < 1.29 is 19.1 Å². The van der Waals surface area contributed by atoms with E-state index < -0.39 is 5.91 Å². The maximum atomic E-state index is 12.1. The molecule has 0 aliphatic carbocycles. The summed E-state index contributed by atoms with van der Waals surface area (Å²) in [5.74, 6) is 0.853. The fourth-order valence-corrected chi connectivity index (χ4v) is 2.75. The molecule has 8 heteroatoms. The fraction of sp³-hybridized carbons (Fsp3) is 0.529. The van der Waals surface area contributed by atoms with Crippen LogP contribution in [0.3, 0.4) is 0 Å². The number of amides is 2. The first-order valence-corrected chi connectivity index (χ1v) is 8.18. The second kappa shape index (κ2) is 10.8. The number of piperidine rings is 1. The summed E-state index contributed by atoms with van der Waals surface area (Å²) in [7, 11) is 1.50. The Morgan fingerprint density at radius 2 is 2.00 bits per heavy atom. The van der Waals surface area contributed by atoms with E-state index in [1.54, 1.807) is 18.2 Å². The van der Waals surface area contributed by atoms with Crippen molar-refractivity contribution in [2.75, 3.05) is 32.1 Å². The first-order valence-electron chi connectivity index (χ1n) is 8.18. The lowest BCUT2D eigenvalue weighted by molar-refractivity contribution is -0.120. The molecule has 0 spiro atoms. The number of benzene rings is 1. The van der Waals surface area contributed by atoms with Crippen molar-refractivity contribution in [3.63, 3.8) is 0 Å². The molecular formula is C17H26ClN3O4. The quantitative estimate of drug-likeness (QED) is 0.645. The van der Waals surface area contributed by atoms with Gasteiger partial charge >= 0.3 is 0 Å². The van der Waals surface area contributed by atoms with Crippen LogP contribution in [0.5, 0.6) is 11.5 Å². The molecule has 140 valence electrons. The molecule has 1 fully saturated rings. The van der Waals surface area contributed by atoms with Gasteiger partial charge in [-0.05, 0) is 50.4 Å². The van der Waals surface area contributed by atoms with E-state index in [9.17, 15) is 9.59 Å². The van der Waals surface area contributed by atoms with Crippen LogP contribution < -0.4 is 25.8 Å². The summed E-state index contributed by atoms with van der Waals surface area (Å²) < 4.78 is 10.5. The second-order valence-electron chi connectivity index (χ2n) is 5.90. The van der Waals surface area contributed by atoms with Crippen LogP contribution in [0.4, 0.5) is 5.69 Å². The van der Waals surface area contributed by atoms with Gasteiger partial charge in [-0.3, -0.25) is 9.59 Å². The largest absolute Gasteiger partial charge is 0.493 e. The molecule has 0 bridgehead atoms. The number of hydrogen-bond acceptors (Lipinski definition) is 5. The van der Waals surface area contributed by atoms with Gasteiger partial charge in [0.1, 0.15) is 0 Å². The zero-order chi connectivity index (χ0) is 17.4. The minimum absolute atomic E-state index is 0. The highest BCUT2D eigenvalue weighted by atomic mass is 35.5. The van der Waals surface area contributed by atoms with E-state index in [0.717, 1.165) is 32.4 Å². The lowest BCUT2D eigenvalue weighted by Gasteiger charge is -2.22. The van der Waals surface area contributed by atoms with Crippen LogP contribution in [0.2, 0.25) is 0 Å². The van der Waals surface area contributed by atoms with Crippen LogP contribution in [0.1, 0.15) is 25.7 Å². The zero-order valence-corrected chi connectivity index (χ0v) is 15.2. The number of nitrogens with two attached hydrogens (primary N) is 1. The molecule has 0 radical (unpaired) electrons. The molecule has 1 aliphatic heterocycles. The number of carbonyl (C=O) groups is 2. The third-order valence-electron chi connectivity index (χ3n) is 4.06. The van der Waals surface area contributed by atoms with Gasteiger partial charge in [0.05, 0.1) is 7.11 Å². The molecule has 0 atom stereocenters. The summed E-state index contributed by atoms with van der Waals surface area (Å²) in [6, 6.07) is 5.04. The third kappa shape index (κ3) is 7.19. The molecule has 2 rings (SSSR count). The van der Waals surface area contributed by atoms with Crippen LogP contribution in [0.25, 0.3) is 0 Å². The van der Waals surface area contributed by atoms with Crippen LogP contribution in [-0.2, 0) is 9.59 Å². The van der Waals surface area contributed by atoms with Gasteiger partial charge in [0.15, 0.2) is 18.1 Å². The third-order valence-corrected chi connectivity index (χ3v) is 4.06. The Kier molecular flexibility index (Phi) is 9.08. The maximum Gasteiger partial charge on any atom is 0.255 e. The predicted octanol–water partition coefficient (Wildman–Crippen LogP) is 1.70. The number of primary amides is 1. The van der Waals surface area contributed by atoms with Crippen LogP contribution in [0.15, 0.2) is 18.2 Å². The number of rotatable bonds is 8. The minimum Gasteiger partial charge on any atom is -0.493 e. The predicted molar refractivity (Wildman–Crippen MR) is 98.4 cm³/mol. The average molecular weight is 372 g/mol. The highest BCUT2D eigenvalue weighted by molar-refractivity contribution is 5.91. The molecule has 1 aromatic rings. The fourth-order valence-electron chi connectivity index (χ4n) is 2.75. The van der Waals surface area contributed by atoms with E-state index in [1.165, 1.54) is 7.11 Å². The summed E-state index contributed by atoms with van der Waals surface area (Å²) in [4.78, 5) is 23.0. The highest BCUT2D eigenvalue weighted by Crippen LogP contribution is 2.30. The van der Waals surface area contributed by atoms with Crippen LogP contribution in [-0.4, -0.2) is 38.6 Å². The van der Waals surface area contributed by atoms with Gasteiger partial charge in [0, 0.05) is 18.2 Å². The number of halogens is 1. The molecule has 4 N–H and O–H groups in total. The average Bonchev–Trinajstić information content (AvgIpc) is 2.59. The molecule has 0 aromatic heterocycles. The number of carbonyl (C=O) groups excluding carboxylic acids is 2. The maximum absolute atomic E-state index is 12.1. The topological polar surface area (TPSA) is 103 Å². The molecule has 2 amide bonds. The van der Waals surface area contributed by atoms with Crippen molar-refractivity contribution in [1.82, 2.24) is 5.32 Å². The van der Waals surface area contributed by atoms with Crippen molar-refractivity contribution in [2.24, 2.45) is 11.7 Å². The molecule has 0 unspecified atom stereocenters. The monoisotopic (exact) mass is 371 g/mol. The van der Waals surface area contributed by atoms with E-state index in [4.69, 9.17) is 15.2 Å². The molecule has 7 nitrogen and oxygen atoms in total. The van der Waals surface area contributed by atoms with E-state index in [2.05, 4.69) is 10.6 Å². The molecular weight excluding hydrogens is 346 g/mol. The highest BCUT2D eigenvalue weighted by Gasteiger charge is 2.15. The molecule has 1 saturated heterocycles. The lowest BCUT2D eigenvalue weighted by atomic mass is 9.93. The van der Waals surface area contributed by atoms with Gasteiger partial charge in [-0.15, -0.1) is 12.4 Å². The number of methoxy groups -OCH3 is 1. The minimum atomic E-state index is -0.575. The second-order valence-corrected chi connectivity index (χ2v) is 5.90. The van der Waals surface area contributed by atoms with Crippen molar-refractivity contribution in [3.8, 4) is 11.5 Å². The van der Waals surface area contributed by atoms with Gasteiger partial charge in [0.2, 0.25) is 5.91 Å². The van der Waals surface area contributed by atoms with E-state index in [0.29, 0.717) is 29.5 Å². The Balaban J connectivity index is 0.00000312. The Morgan fingerprint density at radius 3 is 2.64 bits per heavy atom. The van der Waals surface area contributed by atoms with Crippen molar-refractivity contribution in [1.29, 1.82) is 0 Å². The first-order chi connectivity index (χ1) is 11.6. The van der Waals surface area contributed by atoms with Gasteiger partial charge in [-0.25, -0.2) is 0 Å². The Bertz CT molecular complexity index is 577. The SMILES string of the molecule is COc1ccc(NC(=O)CCC2CCNCC2)cc1OCC(N)=O.Cl. The Morgan fingerprint density at radius 1 is 1.28 bits per heavy atom. The van der Waals surface area contributed by atoms with E-state index >= 15 is 0 Å². The molecule has 1 aromatic carbocycles. The summed E-state index contributed by atoms with van der Waals surface area (Å²) in [6.07, 6.45) is 3.64. The van der Waals surface area contributed by atoms with Gasteiger partial charge in [-0.1, -0.05) is 0 Å². The number of anilines is 1. The zero-order valence-electron chi connectivity index (χ0n) is 14.4. The summed E-state index contributed by atoms with van der Waals surface area (Å²) in [6.45, 7) is 1.82. The van der Waals surface area contributed by atoms with Crippen molar-refractivity contribution in [3.05, 3.63) is 18.2 Å². The summed E-state index contributed by atoms with van der Waals surface area (Å²) in [5.41, 5.74) is 5.68. The number of ether oxygens (including phenoxy) is 2. The molecule has 25 heavy (non-hydrogen) atoms. The molecule has 0 saturated carbocycles. The molecule has 1 aliphatic rings. The first kappa shape index (κ1) is 21.1. The smallest absolute Gasteiger partial charge is 0.255 e. The van der Waals surface area contributed by atoms with Gasteiger partial charge in [-0.2, -0.15) is 0 Å². The summed E-state index contributed by atoms with van der Waals surface area (Å²) >= 11 is 0. The molecule has 1 heterocycles.